The largest absolute Gasteiger partial charge is 0.573 e. The van der Waals surface area contributed by atoms with Gasteiger partial charge in [-0.1, -0.05) is 23.7 Å². The van der Waals surface area contributed by atoms with E-state index in [0.717, 1.165) is 16.9 Å². The molecule has 154 valence electrons. The van der Waals surface area contributed by atoms with E-state index in [1.54, 1.807) is 34.2 Å². The zero-order valence-electron chi connectivity index (χ0n) is 15.7. The Morgan fingerprint density at radius 2 is 1.90 bits per heavy atom. The lowest BCUT2D eigenvalue weighted by Gasteiger charge is -2.27. The summed E-state index contributed by atoms with van der Waals surface area (Å²) in [5.74, 6) is -0.300. The van der Waals surface area contributed by atoms with Gasteiger partial charge in [-0.2, -0.15) is 5.10 Å². The van der Waals surface area contributed by atoms with Crippen LogP contribution in [0, 0.1) is 6.92 Å². The van der Waals surface area contributed by atoms with Gasteiger partial charge in [0.1, 0.15) is 5.75 Å². The van der Waals surface area contributed by atoms with Crippen LogP contribution in [0.2, 0.25) is 5.02 Å². The van der Waals surface area contributed by atoms with Crippen LogP contribution in [0.4, 0.5) is 18.9 Å². The number of anilines is 1. The summed E-state index contributed by atoms with van der Waals surface area (Å²) in [5, 5.41) is 6.63. The van der Waals surface area contributed by atoms with Gasteiger partial charge in [0.25, 0.3) is 0 Å². The normalized spacial score (nSPS) is 13.8. The topological polar surface area (TPSA) is 42.3 Å². The molecule has 3 aromatic rings. The molecule has 1 aliphatic heterocycles. The maximum atomic E-state index is 12.5. The zero-order valence-corrected chi connectivity index (χ0v) is 16.4. The fourth-order valence-electron chi connectivity index (χ4n) is 3.08. The Hall–Kier alpha value is -3.39. The van der Waals surface area contributed by atoms with Gasteiger partial charge in [-0.3, -0.25) is 10.4 Å². The highest BCUT2D eigenvalue weighted by Gasteiger charge is 2.31. The van der Waals surface area contributed by atoms with E-state index in [4.69, 9.17) is 11.6 Å². The van der Waals surface area contributed by atoms with Crippen molar-refractivity contribution in [2.24, 2.45) is 0 Å². The van der Waals surface area contributed by atoms with Gasteiger partial charge in [0.2, 0.25) is 0 Å². The molecular weight excluding hydrogens is 417 g/mol. The number of ether oxygens (including phenoxy) is 1. The Bertz CT molecular complexity index is 1140. The van der Waals surface area contributed by atoms with Crippen molar-refractivity contribution >= 4 is 23.0 Å². The van der Waals surface area contributed by atoms with Gasteiger partial charge in [0, 0.05) is 17.3 Å². The molecule has 2 heterocycles. The number of halogens is 4. The molecule has 0 bridgehead atoms. The van der Waals surface area contributed by atoms with Crippen molar-refractivity contribution in [2.45, 2.75) is 13.3 Å². The molecule has 0 saturated carbocycles. The standard InChI is InChI=1S/C21H16ClF3N4O/c1-14-17(22)7-3-9-19(14)29-20(10-11-26-29)18-8-4-12-28(27-18)15-5-2-6-16(13-15)30-21(23,24)25/h2-13,27H,1H3. The fourth-order valence-corrected chi connectivity index (χ4v) is 3.25. The molecule has 30 heavy (non-hydrogen) atoms. The first-order valence-corrected chi connectivity index (χ1v) is 9.30. The van der Waals surface area contributed by atoms with Gasteiger partial charge in [-0.25, -0.2) is 4.68 Å². The first kappa shape index (κ1) is 19.9. The second-order valence-electron chi connectivity index (χ2n) is 6.46. The molecule has 0 amide bonds. The highest BCUT2D eigenvalue weighted by Crippen LogP contribution is 2.29. The molecule has 0 radical (unpaired) electrons. The summed E-state index contributed by atoms with van der Waals surface area (Å²) in [6.07, 6.45) is 2.24. The van der Waals surface area contributed by atoms with Crippen LogP contribution in [0.5, 0.6) is 5.75 Å². The molecule has 0 unspecified atom stereocenters. The zero-order chi connectivity index (χ0) is 21.3. The third kappa shape index (κ3) is 4.13. The third-order valence-corrected chi connectivity index (χ3v) is 4.86. The monoisotopic (exact) mass is 432 g/mol. The van der Waals surface area contributed by atoms with Gasteiger partial charge in [0.05, 0.1) is 29.0 Å². The number of hydrogen-bond donors (Lipinski definition) is 1. The number of nitrogens with one attached hydrogen (secondary N) is 1. The molecule has 0 saturated heterocycles. The summed E-state index contributed by atoms with van der Waals surface area (Å²) < 4.78 is 43.4. The van der Waals surface area contributed by atoms with E-state index in [0.29, 0.717) is 16.4 Å². The van der Waals surface area contributed by atoms with Crippen LogP contribution in [-0.4, -0.2) is 16.1 Å². The fraction of sp³-hybridized carbons (Fsp3) is 0.0952. The third-order valence-electron chi connectivity index (χ3n) is 4.45. The lowest BCUT2D eigenvalue weighted by atomic mass is 10.2. The number of hydrogen-bond acceptors (Lipinski definition) is 4. The summed E-state index contributed by atoms with van der Waals surface area (Å²) in [4.78, 5) is 0. The Labute approximate surface area is 175 Å². The minimum absolute atomic E-state index is 0.300. The van der Waals surface area contributed by atoms with Crippen molar-refractivity contribution in [3.05, 3.63) is 89.4 Å². The summed E-state index contributed by atoms with van der Waals surface area (Å²) in [5.41, 5.74) is 6.83. The van der Waals surface area contributed by atoms with Crippen LogP contribution in [0.25, 0.3) is 11.4 Å². The molecule has 5 nitrogen and oxygen atoms in total. The first-order chi connectivity index (χ1) is 14.3. The van der Waals surface area contributed by atoms with E-state index < -0.39 is 6.36 Å². The predicted molar refractivity (Wildman–Crippen MR) is 109 cm³/mol. The van der Waals surface area contributed by atoms with Gasteiger partial charge < -0.3 is 4.74 Å². The highest BCUT2D eigenvalue weighted by molar-refractivity contribution is 6.31. The average molecular weight is 433 g/mol. The molecule has 1 aromatic heterocycles. The van der Waals surface area contributed by atoms with Crippen molar-refractivity contribution < 1.29 is 17.9 Å². The first-order valence-electron chi connectivity index (χ1n) is 8.92. The number of nitrogens with zero attached hydrogens (tertiary/aromatic N) is 3. The van der Waals surface area contributed by atoms with Crippen molar-refractivity contribution in [1.29, 1.82) is 0 Å². The van der Waals surface area contributed by atoms with Crippen molar-refractivity contribution in [2.75, 3.05) is 5.01 Å². The van der Waals surface area contributed by atoms with Crippen LogP contribution in [-0.2, 0) is 0 Å². The average Bonchev–Trinajstić information content (AvgIpc) is 3.19. The van der Waals surface area contributed by atoms with E-state index in [1.165, 1.54) is 18.2 Å². The van der Waals surface area contributed by atoms with E-state index >= 15 is 0 Å². The van der Waals surface area contributed by atoms with Crippen molar-refractivity contribution in [1.82, 2.24) is 15.2 Å². The van der Waals surface area contributed by atoms with Crippen LogP contribution in [0.1, 0.15) is 11.3 Å². The summed E-state index contributed by atoms with van der Waals surface area (Å²) in [6.45, 7) is 1.91. The Morgan fingerprint density at radius 1 is 1.10 bits per heavy atom. The van der Waals surface area contributed by atoms with E-state index in [2.05, 4.69) is 15.3 Å². The molecule has 0 aliphatic carbocycles. The Balaban J connectivity index is 1.62. The number of hydrazine groups is 1. The summed E-state index contributed by atoms with van der Waals surface area (Å²) in [6, 6.07) is 13.1. The van der Waals surface area contributed by atoms with Crippen molar-refractivity contribution in [3.63, 3.8) is 0 Å². The number of alkyl halides is 3. The number of allylic oxidation sites excluding steroid dienone is 2. The van der Waals surface area contributed by atoms with Gasteiger partial charge in [0.15, 0.2) is 0 Å². The van der Waals surface area contributed by atoms with Gasteiger partial charge in [-0.15, -0.1) is 13.2 Å². The Kier molecular flexibility index (Phi) is 5.17. The van der Waals surface area contributed by atoms with Crippen LogP contribution in [0.3, 0.4) is 0 Å². The molecule has 9 heteroatoms. The molecule has 0 fully saturated rings. The van der Waals surface area contributed by atoms with Gasteiger partial charge in [-0.05, 0) is 55.0 Å². The number of aromatic nitrogens is 2. The second-order valence-corrected chi connectivity index (χ2v) is 6.87. The maximum Gasteiger partial charge on any atom is 0.573 e. The summed E-state index contributed by atoms with van der Waals surface area (Å²) in [7, 11) is 0. The predicted octanol–water partition coefficient (Wildman–Crippen LogP) is 5.61. The van der Waals surface area contributed by atoms with Crippen LogP contribution >= 0.6 is 11.6 Å². The summed E-state index contributed by atoms with van der Waals surface area (Å²) >= 11 is 6.25. The lowest BCUT2D eigenvalue weighted by molar-refractivity contribution is -0.274. The molecule has 0 atom stereocenters. The van der Waals surface area contributed by atoms with Crippen molar-refractivity contribution in [3.8, 4) is 11.4 Å². The maximum absolute atomic E-state index is 12.5. The number of benzene rings is 2. The van der Waals surface area contributed by atoms with Crippen LogP contribution < -0.4 is 15.2 Å². The van der Waals surface area contributed by atoms with Gasteiger partial charge >= 0.3 is 6.36 Å². The minimum Gasteiger partial charge on any atom is -0.406 e. The quantitative estimate of drug-likeness (QED) is 0.581. The van der Waals surface area contributed by atoms with E-state index in [9.17, 15) is 13.2 Å². The highest BCUT2D eigenvalue weighted by atomic mass is 35.5. The molecule has 4 rings (SSSR count). The number of rotatable bonds is 4. The van der Waals surface area contributed by atoms with E-state index in [-0.39, 0.29) is 5.75 Å². The Morgan fingerprint density at radius 3 is 2.70 bits per heavy atom. The van der Waals surface area contributed by atoms with Crippen LogP contribution in [0.15, 0.2) is 73.1 Å². The molecule has 1 aliphatic rings. The smallest absolute Gasteiger partial charge is 0.406 e. The molecule has 2 aromatic carbocycles. The lowest BCUT2D eigenvalue weighted by Crippen LogP contribution is -2.34. The SMILES string of the molecule is Cc1c(Cl)cccc1-n1nccc1C1=CC=CN(c2cccc(OC(F)(F)F)c2)N1. The minimum atomic E-state index is -4.75. The molecular formula is C21H16ClF3N4O. The van der Waals surface area contributed by atoms with E-state index in [1.807, 2.05) is 37.3 Å². The molecule has 1 N–H and O–H groups in total. The molecule has 0 spiro atoms. The second kappa shape index (κ2) is 7.79.